The van der Waals surface area contributed by atoms with Crippen molar-refractivity contribution in [2.75, 3.05) is 0 Å². The van der Waals surface area contributed by atoms with Gasteiger partial charge in [0.05, 0.1) is 5.56 Å². The molecule has 0 unspecified atom stereocenters. The third kappa shape index (κ3) is 2.42. The van der Waals surface area contributed by atoms with Gasteiger partial charge < -0.3 is 5.11 Å². The molecule has 0 bridgehead atoms. The maximum Gasteiger partial charge on any atom is 0.336 e. The van der Waals surface area contributed by atoms with E-state index in [0.29, 0.717) is 10.1 Å². The summed E-state index contributed by atoms with van der Waals surface area (Å²) < 4.78 is 0.729. The second kappa shape index (κ2) is 4.67. The molecule has 0 aliphatic heterocycles. The average Bonchev–Trinajstić information content (AvgIpc) is 2.73. The van der Waals surface area contributed by atoms with Crippen LogP contribution < -0.4 is 0 Å². The fraction of sp³-hybridized carbons (Fsp3) is 0. The molecule has 0 amide bonds. The number of benzene rings is 1. The number of aromatic carboxylic acids is 1. The molecule has 0 spiro atoms. The van der Waals surface area contributed by atoms with Gasteiger partial charge in [0.15, 0.2) is 5.16 Å². The molecule has 0 fully saturated rings. The number of hydrogen-bond acceptors (Lipinski definition) is 4. The Morgan fingerprint density at radius 3 is 2.94 bits per heavy atom. The number of halogens is 1. The highest BCUT2D eigenvalue weighted by Gasteiger charge is 2.12. The molecule has 0 saturated heterocycles. The van der Waals surface area contributed by atoms with E-state index in [1.165, 1.54) is 18.1 Å². The monoisotopic (exact) mass is 299 g/mol. The SMILES string of the molecule is O=C(O)c1cc(Br)ccc1Sc1ncn[nH]1. The van der Waals surface area contributed by atoms with Crippen LogP contribution >= 0.6 is 27.7 Å². The van der Waals surface area contributed by atoms with Crippen LogP contribution in [0.4, 0.5) is 0 Å². The maximum atomic E-state index is 11.0. The van der Waals surface area contributed by atoms with Crippen LogP contribution in [-0.2, 0) is 0 Å². The minimum absolute atomic E-state index is 0.232. The highest BCUT2D eigenvalue weighted by molar-refractivity contribution is 9.10. The van der Waals surface area contributed by atoms with Crippen molar-refractivity contribution >= 4 is 33.7 Å². The lowest BCUT2D eigenvalue weighted by atomic mass is 10.2. The lowest BCUT2D eigenvalue weighted by molar-refractivity contribution is 0.0693. The summed E-state index contributed by atoms with van der Waals surface area (Å²) in [5.74, 6) is -0.969. The van der Waals surface area contributed by atoms with E-state index in [4.69, 9.17) is 5.11 Å². The van der Waals surface area contributed by atoms with E-state index in [-0.39, 0.29) is 5.56 Å². The van der Waals surface area contributed by atoms with Gasteiger partial charge in [-0.3, -0.25) is 5.10 Å². The molecule has 7 heteroatoms. The minimum atomic E-state index is -0.969. The standard InChI is InChI=1S/C9H6BrN3O2S/c10-5-1-2-7(6(3-5)8(14)15)16-9-11-4-12-13-9/h1-4H,(H,14,15)(H,11,12,13). The smallest absolute Gasteiger partial charge is 0.336 e. The topological polar surface area (TPSA) is 78.9 Å². The first-order valence-corrected chi connectivity index (χ1v) is 5.84. The van der Waals surface area contributed by atoms with Crippen molar-refractivity contribution in [1.29, 1.82) is 0 Å². The van der Waals surface area contributed by atoms with Crippen molar-refractivity contribution in [2.24, 2.45) is 0 Å². The molecule has 2 rings (SSSR count). The molecule has 16 heavy (non-hydrogen) atoms. The summed E-state index contributed by atoms with van der Waals surface area (Å²) >= 11 is 4.46. The number of nitrogens with one attached hydrogen (secondary N) is 1. The Balaban J connectivity index is 2.36. The van der Waals surface area contributed by atoms with Crippen molar-refractivity contribution < 1.29 is 9.90 Å². The number of rotatable bonds is 3. The largest absolute Gasteiger partial charge is 0.478 e. The van der Waals surface area contributed by atoms with Crippen LogP contribution in [0.25, 0.3) is 0 Å². The first-order valence-electron chi connectivity index (χ1n) is 4.23. The van der Waals surface area contributed by atoms with Gasteiger partial charge in [-0.2, -0.15) is 5.10 Å². The molecule has 0 saturated carbocycles. The zero-order valence-electron chi connectivity index (χ0n) is 7.85. The summed E-state index contributed by atoms with van der Waals surface area (Å²) in [7, 11) is 0. The van der Waals surface area contributed by atoms with Crippen LogP contribution in [0, 0.1) is 0 Å². The number of carboxylic acids is 1. The molecule has 2 N–H and O–H groups in total. The molecule has 1 aromatic carbocycles. The van der Waals surface area contributed by atoms with Gasteiger partial charge in [-0.25, -0.2) is 9.78 Å². The normalized spacial score (nSPS) is 10.3. The number of aromatic amines is 1. The number of nitrogens with zero attached hydrogens (tertiary/aromatic N) is 2. The third-order valence-electron chi connectivity index (χ3n) is 1.77. The second-order valence-electron chi connectivity index (χ2n) is 2.84. The van der Waals surface area contributed by atoms with Crippen LogP contribution in [-0.4, -0.2) is 26.3 Å². The van der Waals surface area contributed by atoms with E-state index in [1.54, 1.807) is 18.2 Å². The van der Waals surface area contributed by atoms with E-state index in [9.17, 15) is 4.79 Å². The summed E-state index contributed by atoms with van der Waals surface area (Å²) in [5.41, 5.74) is 0.232. The fourth-order valence-electron chi connectivity index (χ4n) is 1.11. The molecule has 0 aliphatic rings. The van der Waals surface area contributed by atoms with Crippen molar-refractivity contribution in [2.45, 2.75) is 10.1 Å². The van der Waals surface area contributed by atoms with Gasteiger partial charge in [0, 0.05) is 9.37 Å². The Kier molecular flexibility index (Phi) is 3.25. The van der Waals surface area contributed by atoms with E-state index < -0.39 is 5.97 Å². The Labute approximate surface area is 103 Å². The Morgan fingerprint density at radius 1 is 1.50 bits per heavy atom. The number of aromatic nitrogens is 3. The molecule has 1 heterocycles. The average molecular weight is 300 g/mol. The fourth-order valence-corrected chi connectivity index (χ4v) is 2.27. The summed E-state index contributed by atoms with van der Waals surface area (Å²) in [6.45, 7) is 0. The molecular weight excluding hydrogens is 294 g/mol. The van der Waals surface area contributed by atoms with Gasteiger partial charge in [-0.1, -0.05) is 15.9 Å². The first kappa shape index (κ1) is 11.2. The summed E-state index contributed by atoms with van der Waals surface area (Å²) in [5, 5.41) is 16.0. The van der Waals surface area contributed by atoms with Gasteiger partial charge in [0.1, 0.15) is 6.33 Å². The van der Waals surface area contributed by atoms with E-state index >= 15 is 0 Å². The van der Waals surface area contributed by atoms with Crippen LogP contribution in [0.1, 0.15) is 10.4 Å². The van der Waals surface area contributed by atoms with Gasteiger partial charge in [0.2, 0.25) is 0 Å². The Hall–Kier alpha value is -1.34. The van der Waals surface area contributed by atoms with Crippen molar-refractivity contribution in [3.05, 3.63) is 34.6 Å². The minimum Gasteiger partial charge on any atom is -0.478 e. The molecule has 0 radical (unpaired) electrons. The van der Waals surface area contributed by atoms with Crippen molar-refractivity contribution in [3.8, 4) is 0 Å². The lowest BCUT2D eigenvalue weighted by Crippen LogP contribution is -1.98. The van der Waals surface area contributed by atoms with E-state index in [0.717, 1.165) is 4.47 Å². The zero-order valence-corrected chi connectivity index (χ0v) is 10.2. The number of H-pyrrole nitrogens is 1. The summed E-state index contributed by atoms with van der Waals surface area (Å²) in [6.07, 6.45) is 1.38. The van der Waals surface area contributed by atoms with Gasteiger partial charge >= 0.3 is 5.97 Å². The van der Waals surface area contributed by atoms with Crippen molar-refractivity contribution in [3.63, 3.8) is 0 Å². The Bertz CT molecular complexity index is 515. The molecule has 2 aromatic rings. The third-order valence-corrected chi connectivity index (χ3v) is 3.23. The Morgan fingerprint density at radius 2 is 2.31 bits per heavy atom. The quantitative estimate of drug-likeness (QED) is 0.910. The lowest BCUT2D eigenvalue weighted by Gasteiger charge is -2.03. The van der Waals surface area contributed by atoms with Crippen LogP contribution in [0.2, 0.25) is 0 Å². The number of carbonyl (C=O) groups is 1. The second-order valence-corrected chi connectivity index (χ2v) is 4.78. The van der Waals surface area contributed by atoms with Gasteiger partial charge in [0.25, 0.3) is 0 Å². The first-order chi connectivity index (χ1) is 7.66. The zero-order chi connectivity index (χ0) is 11.5. The van der Waals surface area contributed by atoms with Crippen LogP contribution in [0.5, 0.6) is 0 Å². The molecule has 82 valence electrons. The number of hydrogen-bond donors (Lipinski definition) is 2. The van der Waals surface area contributed by atoms with E-state index in [1.807, 2.05) is 0 Å². The van der Waals surface area contributed by atoms with Crippen LogP contribution in [0.3, 0.4) is 0 Å². The van der Waals surface area contributed by atoms with Gasteiger partial charge in [-0.15, -0.1) is 0 Å². The maximum absolute atomic E-state index is 11.0. The number of carboxylic acid groups (broad SMARTS) is 1. The van der Waals surface area contributed by atoms with Crippen molar-refractivity contribution in [1.82, 2.24) is 15.2 Å². The highest BCUT2D eigenvalue weighted by Crippen LogP contribution is 2.29. The van der Waals surface area contributed by atoms with E-state index in [2.05, 4.69) is 31.1 Å². The molecular formula is C9H6BrN3O2S. The van der Waals surface area contributed by atoms with Gasteiger partial charge in [-0.05, 0) is 30.0 Å². The highest BCUT2D eigenvalue weighted by atomic mass is 79.9. The molecule has 5 nitrogen and oxygen atoms in total. The molecule has 1 aromatic heterocycles. The molecule has 0 aliphatic carbocycles. The summed E-state index contributed by atoms with van der Waals surface area (Å²) in [6, 6.07) is 5.06. The summed E-state index contributed by atoms with van der Waals surface area (Å²) in [4.78, 5) is 15.6. The predicted molar refractivity (Wildman–Crippen MR) is 61.6 cm³/mol. The predicted octanol–water partition coefficient (Wildman–Crippen LogP) is 2.42. The van der Waals surface area contributed by atoms with Crippen LogP contribution in [0.15, 0.2) is 39.1 Å². The molecule has 0 atom stereocenters.